The Labute approximate surface area is 92.8 Å². The van der Waals surface area contributed by atoms with Crippen molar-refractivity contribution < 1.29 is 14.6 Å². The lowest BCUT2D eigenvalue weighted by molar-refractivity contribution is -0.0814. The fraction of sp³-hybridized carbons (Fsp3) is 1.00. The molecule has 1 saturated heterocycles. The minimum absolute atomic E-state index is 0.385. The first-order valence-corrected chi connectivity index (χ1v) is 5.91. The van der Waals surface area contributed by atoms with E-state index in [0.717, 1.165) is 25.9 Å². The van der Waals surface area contributed by atoms with Crippen molar-refractivity contribution in [1.82, 2.24) is 0 Å². The number of rotatable bonds is 6. The van der Waals surface area contributed by atoms with Crippen LogP contribution in [-0.2, 0) is 9.47 Å². The molecule has 0 spiro atoms. The Morgan fingerprint density at radius 1 is 1.53 bits per heavy atom. The molecular weight excluding hydrogens is 192 g/mol. The maximum Gasteiger partial charge on any atom is 0.0880 e. The Bertz CT molecular complexity index is 174. The second kappa shape index (κ2) is 5.83. The summed E-state index contributed by atoms with van der Waals surface area (Å²) in [6.07, 6.45) is 5.29. The Balaban J connectivity index is 2.13. The highest BCUT2D eigenvalue weighted by atomic mass is 16.5. The molecule has 3 nitrogen and oxygen atoms in total. The van der Waals surface area contributed by atoms with E-state index < -0.39 is 5.60 Å². The quantitative estimate of drug-likeness (QED) is 0.739. The molecule has 1 fully saturated rings. The lowest BCUT2D eigenvalue weighted by Crippen LogP contribution is -2.38. The van der Waals surface area contributed by atoms with E-state index in [1.165, 1.54) is 12.8 Å². The summed E-state index contributed by atoms with van der Waals surface area (Å²) in [4.78, 5) is 0. The van der Waals surface area contributed by atoms with Crippen LogP contribution in [0, 0.1) is 0 Å². The molecule has 2 unspecified atom stereocenters. The third-order valence-electron chi connectivity index (χ3n) is 3.36. The Hall–Kier alpha value is -0.120. The average Bonchev–Trinajstić information content (AvgIpc) is 2.70. The van der Waals surface area contributed by atoms with Gasteiger partial charge in [0.2, 0.25) is 0 Å². The molecule has 0 saturated carbocycles. The van der Waals surface area contributed by atoms with Crippen LogP contribution in [0.2, 0.25) is 0 Å². The highest BCUT2D eigenvalue weighted by Gasteiger charge is 2.27. The van der Waals surface area contributed by atoms with Gasteiger partial charge in [-0.1, -0.05) is 0 Å². The van der Waals surface area contributed by atoms with Crippen LogP contribution >= 0.6 is 0 Å². The van der Waals surface area contributed by atoms with Crippen LogP contribution in [0.3, 0.4) is 0 Å². The molecule has 0 radical (unpaired) electrons. The average molecular weight is 216 g/mol. The number of aliphatic hydroxyl groups excluding tert-OH is 1. The fourth-order valence-corrected chi connectivity index (χ4v) is 1.89. The lowest BCUT2D eigenvalue weighted by atomic mass is 9.95. The van der Waals surface area contributed by atoms with Gasteiger partial charge in [0.15, 0.2) is 0 Å². The van der Waals surface area contributed by atoms with Crippen molar-refractivity contribution in [2.24, 2.45) is 0 Å². The zero-order chi connectivity index (χ0) is 11.3. The van der Waals surface area contributed by atoms with Gasteiger partial charge in [-0.05, 0) is 46.0 Å². The van der Waals surface area contributed by atoms with E-state index in [4.69, 9.17) is 9.47 Å². The minimum Gasteiger partial charge on any atom is -0.390 e. The van der Waals surface area contributed by atoms with Crippen LogP contribution < -0.4 is 0 Å². The van der Waals surface area contributed by atoms with Crippen molar-refractivity contribution in [3.8, 4) is 0 Å². The standard InChI is InChI=1S/C12H24O3/c1-12(2,14-3)11(13)8-4-6-10-7-5-9-15-10/h10-11,13H,4-9H2,1-3H3. The number of hydrogen-bond donors (Lipinski definition) is 1. The van der Waals surface area contributed by atoms with Crippen LogP contribution in [-0.4, -0.2) is 36.6 Å². The van der Waals surface area contributed by atoms with Crippen molar-refractivity contribution in [3.63, 3.8) is 0 Å². The van der Waals surface area contributed by atoms with Gasteiger partial charge < -0.3 is 14.6 Å². The van der Waals surface area contributed by atoms with Gasteiger partial charge in [-0.15, -0.1) is 0 Å². The molecule has 90 valence electrons. The summed E-state index contributed by atoms with van der Waals surface area (Å²) in [6, 6.07) is 0. The van der Waals surface area contributed by atoms with E-state index in [1.807, 2.05) is 13.8 Å². The summed E-state index contributed by atoms with van der Waals surface area (Å²) < 4.78 is 10.8. The second-order valence-corrected chi connectivity index (χ2v) is 4.89. The molecule has 1 N–H and O–H groups in total. The van der Waals surface area contributed by atoms with Crippen molar-refractivity contribution in [1.29, 1.82) is 0 Å². The fourth-order valence-electron chi connectivity index (χ4n) is 1.89. The van der Waals surface area contributed by atoms with E-state index in [1.54, 1.807) is 7.11 Å². The van der Waals surface area contributed by atoms with Gasteiger partial charge in [0.05, 0.1) is 17.8 Å². The zero-order valence-corrected chi connectivity index (χ0v) is 10.2. The van der Waals surface area contributed by atoms with Crippen LogP contribution in [0.15, 0.2) is 0 Å². The van der Waals surface area contributed by atoms with Crippen molar-refractivity contribution in [3.05, 3.63) is 0 Å². The van der Waals surface area contributed by atoms with Gasteiger partial charge in [0, 0.05) is 13.7 Å². The van der Waals surface area contributed by atoms with Crippen LogP contribution in [0.4, 0.5) is 0 Å². The summed E-state index contributed by atoms with van der Waals surface area (Å²) in [6.45, 7) is 4.75. The monoisotopic (exact) mass is 216 g/mol. The number of aliphatic hydroxyl groups is 1. The topological polar surface area (TPSA) is 38.7 Å². The molecule has 0 bridgehead atoms. The molecular formula is C12H24O3. The summed E-state index contributed by atoms with van der Waals surface area (Å²) in [5, 5.41) is 9.89. The third kappa shape index (κ3) is 4.09. The number of methoxy groups -OCH3 is 1. The maximum absolute atomic E-state index is 9.89. The molecule has 0 amide bonds. The van der Waals surface area contributed by atoms with Crippen LogP contribution in [0.1, 0.15) is 46.0 Å². The highest BCUT2D eigenvalue weighted by molar-refractivity contribution is 4.78. The predicted octanol–water partition coefficient (Wildman–Crippen LogP) is 2.12. The summed E-state index contributed by atoms with van der Waals surface area (Å²) in [5.41, 5.74) is -0.434. The van der Waals surface area contributed by atoms with E-state index in [-0.39, 0.29) is 6.10 Å². The molecule has 1 rings (SSSR count). The zero-order valence-electron chi connectivity index (χ0n) is 10.2. The summed E-state index contributed by atoms with van der Waals surface area (Å²) >= 11 is 0. The molecule has 3 heteroatoms. The van der Waals surface area contributed by atoms with Gasteiger partial charge in [0.25, 0.3) is 0 Å². The maximum atomic E-state index is 9.89. The molecule has 0 aromatic rings. The SMILES string of the molecule is COC(C)(C)C(O)CCCC1CCCO1. The van der Waals surface area contributed by atoms with E-state index >= 15 is 0 Å². The van der Waals surface area contributed by atoms with Crippen molar-refractivity contribution in [2.75, 3.05) is 13.7 Å². The van der Waals surface area contributed by atoms with Crippen molar-refractivity contribution in [2.45, 2.75) is 63.8 Å². The first kappa shape index (κ1) is 12.9. The van der Waals surface area contributed by atoms with Crippen molar-refractivity contribution >= 4 is 0 Å². The molecule has 1 heterocycles. The Morgan fingerprint density at radius 2 is 2.27 bits per heavy atom. The minimum atomic E-state index is -0.434. The number of hydrogen-bond acceptors (Lipinski definition) is 3. The van der Waals surface area contributed by atoms with Crippen LogP contribution in [0.5, 0.6) is 0 Å². The lowest BCUT2D eigenvalue weighted by Gasteiger charge is -2.29. The smallest absolute Gasteiger partial charge is 0.0880 e. The highest BCUT2D eigenvalue weighted by Crippen LogP contribution is 2.22. The first-order valence-electron chi connectivity index (χ1n) is 5.91. The molecule has 1 aliphatic heterocycles. The molecule has 2 atom stereocenters. The molecule has 0 aliphatic carbocycles. The first-order chi connectivity index (χ1) is 7.06. The van der Waals surface area contributed by atoms with Gasteiger partial charge >= 0.3 is 0 Å². The van der Waals surface area contributed by atoms with Gasteiger partial charge in [-0.25, -0.2) is 0 Å². The largest absolute Gasteiger partial charge is 0.390 e. The summed E-state index contributed by atoms with van der Waals surface area (Å²) in [7, 11) is 1.64. The van der Waals surface area contributed by atoms with E-state index in [2.05, 4.69) is 0 Å². The number of ether oxygens (including phenoxy) is 2. The normalized spacial score (nSPS) is 24.4. The summed E-state index contributed by atoms with van der Waals surface area (Å²) in [5.74, 6) is 0. The van der Waals surface area contributed by atoms with Crippen LogP contribution in [0.25, 0.3) is 0 Å². The Kier molecular flexibility index (Phi) is 5.03. The van der Waals surface area contributed by atoms with Gasteiger partial charge in [-0.2, -0.15) is 0 Å². The third-order valence-corrected chi connectivity index (χ3v) is 3.36. The molecule has 0 aromatic carbocycles. The van der Waals surface area contributed by atoms with Gasteiger partial charge in [0.1, 0.15) is 0 Å². The second-order valence-electron chi connectivity index (χ2n) is 4.89. The van der Waals surface area contributed by atoms with E-state index in [9.17, 15) is 5.11 Å². The molecule has 1 aliphatic rings. The Morgan fingerprint density at radius 3 is 2.80 bits per heavy atom. The molecule has 0 aromatic heterocycles. The predicted molar refractivity (Wildman–Crippen MR) is 59.9 cm³/mol. The molecule has 15 heavy (non-hydrogen) atoms. The van der Waals surface area contributed by atoms with Gasteiger partial charge in [-0.3, -0.25) is 0 Å². The van der Waals surface area contributed by atoms with E-state index in [0.29, 0.717) is 6.10 Å².